The van der Waals surface area contributed by atoms with Crippen molar-refractivity contribution >= 4 is 10.0 Å². The summed E-state index contributed by atoms with van der Waals surface area (Å²) in [7, 11) is -0.129. The summed E-state index contributed by atoms with van der Waals surface area (Å²) in [6.45, 7) is 0.397. The molecule has 0 saturated heterocycles. The predicted octanol–water partition coefficient (Wildman–Crippen LogP) is 2.05. The summed E-state index contributed by atoms with van der Waals surface area (Å²) in [6.07, 6.45) is 2.93. The van der Waals surface area contributed by atoms with Crippen LogP contribution in [0.4, 0.5) is 4.39 Å². The van der Waals surface area contributed by atoms with Crippen molar-refractivity contribution in [1.82, 2.24) is 24.4 Å². The molecule has 0 aliphatic rings. The fraction of sp³-hybridized carbons (Fsp3) is 0.263. The standard InChI is InChI=1S/C19H22FN5O2S/c1-24(2)18(15-7-5-8-17(20)10-15)11-23-28(26,27)19-9-4-3-6-16(19)12-25-14-21-13-22-25/h3-10,13-14,18,23H,11-12H2,1-2H3/t18-/m1/s1. The second-order valence-corrected chi connectivity index (χ2v) is 8.32. The first-order chi connectivity index (χ1) is 13.4. The number of benzene rings is 2. The van der Waals surface area contributed by atoms with E-state index in [-0.39, 0.29) is 29.8 Å². The van der Waals surface area contributed by atoms with Crippen LogP contribution in [0.15, 0.2) is 66.1 Å². The first kappa shape index (κ1) is 20.1. The highest BCUT2D eigenvalue weighted by Gasteiger charge is 2.22. The van der Waals surface area contributed by atoms with Gasteiger partial charge in [-0.15, -0.1) is 0 Å². The third-order valence-corrected chi connectivity index (χ3v) is 5.91. The minimum atomic E-state index is -3.77. The maximum absolute atomic E-state index is 13.6. The van der Waals surface area contributed by atoms with E-state index in [0.717, 1.165) is 0 Å². The first-order valence-electron chi connectivity index (χ1n) is 8.68. The van der Waals surface area contributed by atoms with E-state index in [0.29, 0.717) is 11.1 Å². The highest BCUT2D eigenvalue weighted by molar-refractivity contribution is 7.89. The normalized spacial score (nSPS) is 13.0. The molecule has 0 bridgehead atoms. The molecule has 0 aliphatic heterocycles. The number of sulfonamides is 1. The van der Waals surface area contributed by atoms with Gasteiger partial charge in [0, 0.05) is 12.6 Å². The van der Waals surface area contributed by atoms with Crippen LogP contribution < -0.4 is 4.72 Å². The molecule has 3 aromatic rings. The number of likely N-dealkylation sites (N-methyl/N-ethyl adjacent to an activating group) is 1. The molecule has 0 saturated carbocycles. The first-order valence-corrected chi connectivity index (χ1v) is 10.2. The zero-order valence-corrected chi connectivity index (χ0v) is 16.5. The Morgan fingerprint density at radius 3 is 2.64 bits per heavy atom. The number of nitrogens with zero attached hydrogens (tertiary/aromatic N) is 4. The predicted molar refractivity (Wildman–Crippen MR) is 104 cm³/mol. The number of aromatic nitrogens is 3. The zero-order chi connectivity index (χ0) is 20.1. The molecule has 148 valence electrons. The van der Waals surface area contributed by atoms with E-state index < -0.39 is 10.0 Å². The molecule has 7 nitrogen and oxygen atoms in total. The van der Waals surface area contributed by atoms with E-state index in [1.54, 1.807) is 41.1 Å². The molecule has 1 aromatic heterocycles. The third-order valence-electron chi connectivity index (χ3n) is 4.38. The maximum Gasteiger partial charge on any atom is 0.240 e. The largest absolute Gasteiger partial charge is 0.301 e. The van der Waals surface area contributed by atoms with Gasteiger partial charge in [-0.2, -0.15) is 5.10 Å². The van der Waals surface area contributed by atoms with Gasteiger partial charge >= 0.3 is 0 Å². The van der Waals surface area contributed by atoms with Crippen molar-refractivity contribution in [1.29, 1.82) is 0 Å². The minimum Gasteiger partial charge on any atom is -0.301 e. The van der Waals surface area contributed by atoms with Gasteiger partial charge in [-0.25, -0.2) is 27.2 Å². The molecule has 1 atom stereocenters. The molecule has 0 spiro atoms. The third kappa shape index (κ3) is 4.80. The van der Waals surface area contributed by atoms with Crippen LogP contribution in [0.2, 0.25) is 0 Å². The molecule has 1 N–H and O–H groups in total. The summed E-state index contributed by atoms with van der Waals surface area (Å²) in [6, 6.07) is 12.6. The lowest BCUT2D eigenvalue weighted by atomic mass is 10.1. The topological polar surface area (TPSA) is 80.1 Å². The fourth-order valence-electron chi connectivity index (χ4n) is 2.96. The SMILES string of the molecule is CN(C)[C@H](CNS(=O)(=O)c1ccccc1Cn1cncn1)c1cccc(F)c1. The molecule has 1 heterocycles. The van der Waals surface area contributed by atoms with Crippen molar-refractivity contribution < 1.29 is 12.8 Å². The second-order valence-electron chi connectivity index (χ2n) is 6.59. The van der Waals surface area contributed by atoms with Gasteiger partial charge in [0.25, 0.3) is 0 Å². The number of halogens is 1. The lowest BCUT2D eigenvalue weighted by molar-refractivity contribution is 0.299. The number of hydrogen-bond acceptors (Lipinski definition) is 5. The van der Waals surface area contributed by atoms with Crippen molar-refractivity contribution in [3.63, 3.8) is 0 Å². The van der Waals surface area contributed by atoms with Crippen molar-refractivity contribution in [3.05, 3.63) is 78.1 Å². The second kappa shape index (κ2) is 8.59. The lowest BCUT2D eigenvalue weighted by Gasteiger charge is -2.25. The van der Waals surface area contributed by atoms with E-state index in [4.69, 9.17) is 0 Å². The summed E-state index contributed by atoms with van der Waals surface area (Å²) in [5.74, 6) is -0.356. The minimum absolute atomic E-state index is 0.108. The Kier molecular flexibility index (Phi) is 6.18. The van der Waals surface area contributed by atoms with Gasteiger partial charge in [-0.3, -0.25) is 0 Å². The summed E-state index contributed by atoms with van der Waals surface area (Å²) in [5, 5.41) is 4.03. The lowest BCUT2D eigenvalue weighted by Crippen LogP contribution is -2.35. The summed E-state index contributed by atoms with van der Waals surface area (Å²) >= 11 is 0. The van der Waals surface area contributed by atoms with Crippen molar-refractivity contribution in [2.24, 2.45) is 0 Å². The molecule has 0 unspecified atom stereocenters. The molecule has 0 fully saturated rings. The fourth-order valence-corrected chi connectivity index (χ4v) is 4.23. The van der Waals surface area contributed by atoms with Gasteiger partial charge in [0.2, 0.25) is 10.0 Å². The van der Waals surface area contributed by atoms with E-state index in [1.165, 1.54) is 24.8 Å². The van der Waals surface area contributed by atoms with E-state index in [1.807, 2.05) is 19.0 Å². The highest BCUT2D eigenvalue weighted by atomic mass is 32.2. The molecule has 0 amide bonds. The Morgan fingerprint density at radius 1 is 1.18 bits per heavy atom. The van der Waals surface area contributed by atoms with Crippen molar-refractivity contribution in [2.45, 2.75) is 17.5 Å². The van der Waals surface area contributed by atoms with Crippen LogP contribution in [0.25, 0.3) is 0 Å². The Balaban J connectivity index is 1.81. The quantitative estimate of drug-likeness (QED) is 0.623. The van der Waals surface area contributed by atoms with Gasteiger partial charge in [-0.05, 0) is 43.4 Å². The molecular formula is C19H22FN5O2S. The number of rotatable bonds is 8. The van der Waals surface area contributed by atoms with E-state index >= 15 is 0 Å². The van der Waals surface area contributed by atoms with Gasteiger partial charge < -0.3 is 4.90 Å². The van der Waals surface area contributed by atoms with Crippen LogP contribution in [0.1, 0.15) is 17.2 Å². The molecule has 28 heavy (non-hydrogen) atoms. The summed E-state index contributed by atoms with van der Waals surface area (Å²) in [4.78, 5) is 5.91. The Hall–Kier alpha value is -2.62. The number of hydrogen-bond donors (Lipinski definition) is 1. The van der Waals surface area contributed by atoms with Crippen molar-refractivity contribution in [3.8, 4) is 0 Å². The molecule has 0 aliphatic carbocycles. The smallest absolute Gasteiger partial charge is 0.240 e. The van der Waals surface area contributed by atoms with Crippen LogP contribution in [0.3, 0.4) is 0 Å². The van der Waals surface area contributed by atoms with E-state index in [9.17, 15) is 12.8 Å². The Bertz CT molecular complexity index is 1020. The van der Waals surface area contributed by atoms with Gasteiger partial charge in [-0.1, -0.05) is 30.3 Å². The molecular weight excluding hydrogens is 381 g/mol. The van der Waals surface area contributed by atoms with Crippen LogP contribution in [-0.2, 0) is 16.6 Å². The van der Waals surface area contributed by atoms with E-state index in [2.05, 4.69) is 14.8 Å². The van der Waals surface area contributed by atoms with Crippen LogP contribution in [0, 0.1) is 5.82 Å². The van der Waals surface area contributed by atoms with Gasteiger partial charge in [0.15, 0.2) is 0 Å². The zero-order valence-electron chi connectivity index (χ0n) is 15.7. The molecule has 9 heteroatoms. The monoisotopic (exact) mass is 403 g/mol. The van der Waals surface area contributed by atoms with Gasteiger partial charge in [0.1, 0.15) is 18.5 Å². The highest BCUT2D eigenvalue weighted by Crippen LogP contribution is 2.21. The van der Waals surface area contributed by atoms with Gasteiger partial charge in [0.05, 0.1) is 11.4 Å². The van der Waals surface area contributed by atoms with Crippen LogP contribution in [0.5, 0.6) is 0 Å². The van der Waals surface area contributed by atoms with Crippen LogP contribution >= 0.6 is 0 Å². The molecule has 0 radical (unpaired) electrons. The summed E-state index contributed by atoms with van der Waals surface area (Å²) < 4.78 is 43.7. The Morgan fingerprint density at radius 2 is 1.96 bits per heavy atom. The van der Waals surface area contributed by atoms with Crippen LogP contribution in [-0.4, -0.2) is 48.7 Å². The average Bonchev–Trinajstić information content (AvgIpc) is 3.15. The van der Waals surface area contributed by atoms with Crippen molar-refractivity contribution in [2.75, 3.05) is 20.6 Å². The average molecular weight is 403 g/mol. The Labute approximate surface area is 163 Å². The maximum atomic E-state index is 13.6. The molecule has 3 rings (SSSR count). The number of nitrogens with one attached hydrogen (secondary N) is 1. The molecule has 2 aromatic carbocycles. The summed E-state index contributed by atoms with van der Waals surface area (Å²) in [5.41, 5.74) is 1.30.